The maximum absolute atomic E-state index is 12.7. The van der Waals surface area contributed by atoms with Crippen molar-refractivity contribution in [3.63, 3.8) is 0 Å². The van der Waals surface area contributed by atoms with Gasteiger partial charge in [0, 0.05) is 24.5 Å². The first-order chi connectivity index (χ1) is 11.2. The number of methoxy groups -OCH3 is 2. The second kappa shape index (κ2) is 6.64. The summed E-state index contributed by atoms with van der Waals surface area (Å²) < 4.78 is 10.8. The van der Waals surface area contributed by atoms with Crippen LogP contribution in [-0.4, -0.2) is 41.5 Å². The zero-order chi connectivity index (χ0) is 16.2. The van der Waals surface area contributed by atoms with Gasteiger partial charge in [-0.05, 0) is 31.0 Å². The van der Waals surface area contributed by atoms with Crippen LogP contribution in [0.1, 0.15) is 34.9 Å². The Morgan fingerprint density at radius 2 is 2.13 bits per heavy atom. The molecule has 6 heteroatoms. The van der Waals surface area contributed by atoms with E-state index in [0.717, 1.165) is 29.9 Å². The van der Waals surface area contributed by atoms with E-state index in [1.807, 2.05) is 23.1 Å². The fourth-order valence-electron chi connectivity index (χ4n) is 2.99. The number of carbonyl (C=O) groups excluding carboxylic acids is 1. The summed E-state index contributed by atoms with van der Waals surface area (Å²) in [7, 11) is 3.26. The number of hydrogen-bond acceptors (Lipinski definition) is 5. The van der Waals surface area contributed by atoms with E-state index in [1.165, 1.54) is 12.4 Å². The summed E-state index contributed by atoms with van der Waals surface area (Å²) in [5.74, 6) is 1.40. The highest BCUT2D eigenvalue weighted by Crippen LogP contribution is 2.39. The first kappa shape index (κ1) is 15.3. The Morgan fingerprint density at radius 3 is 2.83 bits per heavy atom. The summed E-state index contributed by atoms with van der Waals surface area (Å²) in [5.41, 5.74) is 1.32. The molecule has 23 heavy (non-hydrogen) atoms. The third kappa shape index (κ3) is 2.97. The molecule has 2 heterocycles. The van der Waals surface area contributed by atoms with Gasteiger partial charge in [-0.25, -0.2) is 4.98 Å². The van der Waals surface area contributed by atoms with Crippen LogP contribution in [0.4, 0.5) is 0 Å². The van der Waals surface area contributed by atoms with Crippen LogP contribution < -0.4 is 9.47 Å². The minimum absolute atomic E-state index is 0.0467. The van der Waals surface area contributed by atoms with E-state index < -0.39 is 0 Å². The van der Waals surface area contributed by atoms with E-state index in [4.69, 9.17) is 9.47 Å². The summed E-state index contributed by atoms with van der Waals surface area (Å²) in [6.07, 6.45) is 6.42. The van der Waals surface area contributed by atoms with Gasteiger partial charge in [-0.3, -0.25) is 9.78 Å². The number of aromatic nitrogens is 2. The van der Waals surface area contributed by atoms with E-state index in [-0.39, 0.29) is 11.9 Å². The van der Waals surface area contributed by atoms with Crippen molar-refractivity contribution in [3.8, 4) is 11.5 Å². The van der Waals surface area contributed by atoms with Crippen LogP contribution in [0.5, 0.6) is 11.5 Å². The van der Waals surface area contributed by atoms with Crippen molar-refractivity contribution in [1.82, 2.24) is 14.9 Å². The summed E-state index contributed by atoms with van der Waals surface area (Å²) in [4.78, 5) is 22.7. The molecule has 3 rings (SSSR count). The third-order valence-electron chi connectivity index (χ3n) is 4.09. The number of nitrogens with zero attached hydrogens (tertiary/aromatic N) is 3. The molecule has 0 spiro atoms. The van der Waals surface area contributed by atoms with Crippen molar-refractivity contribution < 1.29 is 14.3 Å². The lowest BCUT2D eigenvalue weighted by atomic mass is 10.0. The van der Waals surface area contributed by atoms with E-state index >= 15 is 0 Å². The molecule has 1 aromatic heterocycles. The Kier molecular flexibility index (Phi) is 4.41. The van der Waals surface area contributed by atoms with Crippen LogP contribution in [0.3, 0.4) is 0 Å². The van der Waals surface area contributed by atoms with Crippen molar-refractivity contribution in [2.45, 2.75) is 18.9 Å². The topological polar surface area (TPSA) is 64.6 Å². The molecule has 2 aromatic rings. The molecule has 0 radical (unpaired) electrons. The lowest BCUT2D eigenvalue weighted by Crippen LogP contribution is -2.31. The van der Waals surface area contributed by atoms with Crippen molar-refractivity contribution in [1.29, 1.82) is 0 Å². The second-order valence-corrected chi connectivity index (χ2v) is 5.36. The van der Waals surface area contributed by atoms with Crippen molar-refractivity contribution >= 4 is 5.91 Å². The number of benzene rings is 1. The van der Waals surface area contributed by atoms with Crippen LogP contribution in [0.15, 0.2) is 36.8 Å². The Bertz CT molecular complexity index is 691. The molecule has 1 unspecified atom stereocenters. The maximum atomic E-state index is 12.7. The normalized spacial score (nSPS) is 17.1. The van der Waals surface area contributed by atoms with Gasteiger partial charge in [0.2, 0.25) is 0 Å². The largest absolute Gasteiger partial charge is 0.497 e. The zero-order valence-corrected chi connectivity index (χ0v) is 13.2. The van der Waals surface area contributed by atoms with Crippen LogP contribution in [0, 0.1) is 0 Å². The summed E-state index contributed by atoms with van der Waals surface area (Å²) in [6.45, 7) is 0.695. The molecule has 1 aromatic carbocycles. The lowest BCUT2D eigenvalue weighted by molar-refractivity contribution is 0.0727. The molecule has 1 aliphatic rings. The molecule has 0 N–H and O–H groups in total. The van der Waals surface area contributed by atoms with Gasteiger partial charge in [-0.2, -0.15) is 0 Å². The average Bonchev–Trinajstić information content (AvgIpc) is 3.10. The van der Waals surface area contributed by atoms with E-state index in [2.05, 4.69) is 9.97 Å². The predicted octanol–water partition coefficient (Wildman–Crippen LogP) is 2.47. The molecule has 120 valence electrons. The van der Waals surface area contributed by atoms with Gasteiger partial charge in [-0.1, -0.05) is 0 Å². The van der Waals surface area contributed by atoms with Gasteiger partial charge in [0.1, 0.15) is 17.2 Å². The standard InChI is InChI=1S/C17H19N3O3/c1-22-12-5-6-16(23-2)13(10-12)15-4-3-9-20(15)17(21)14-11-18-7-8-19-14/h5-8,10-11,15H,3-4,9H2,1-2H3. The van der Waals surface area contributed by atoms with Gasteiger partial charge in [0.15, 0.2) is 0 Å². The number of ether oxygens (including phenoxy) is 2. The smallest absolute Gasteiger partial charge is 0.274 e. The monoisotopic (exact) mass is 313 g/mol. The molecule has 6 nitrogen and oxygen atoms in total. The van der Waals surface area contributed by atoms with Crippen molar-refractivity contribution in [3.05, 3.63) is 48.0 Å². The highest BCUT2D eigenvalue weighted by Gasteiger charge is 2.33. The molecule has 1 aliphatic heterocycles. The first-order valence-corrected chi connectivity index (χ1v) is 7.53. The molecule has 1 atom stereocenters. The van der Waals surface area contributed by atoms with Crippen LogP contribution in [0.25, 0.3) is 0 Å². The summed E-state index contributed by atoms with van der Waals surface area (Å²) >= 11 is 0. The minimum Gasteiger partial charge on any atom is -0.497 e. The van der Waals surface area contributed by atoms with Gasteiger partial charge in [0.25, 0.3) is 5.91 Å². The number of amides is 1. The van der Waals surface area contributed by atoms with Crippen molar-refractivity contribution in [2.75, 3.05) is 20.8 Å². The SMILES string of the molecule is COc1ccc(OC)c(C2CCCN2C(=O)c2cnccn2)c1. The lowest BCUT2D eigenvalue weighted by Gasteiger charge is -2.26. The van der Waals surface area contributed by atoms with Gasteiger partial charge < -0.3 is 14.4 Å². The van der Waals surface area contributed by atoms with Gasteiger partial charge in [-0.15, -0.1) is 0 Å². The van der Waals surface area contributed by atoms with Gasteiger partial charge >= 0.3 is 0 Å². The number of likely N-dealkylation sites (tertiary alicyclic amines) is 1. The number of rotatable bonds is 4. The molecular formula is C17H19N3O3. The molecule has 0 saturated carbocycles. The summed E-state index contributed by atoms with van der Waals surface area (Å²) in [5, 5.41) is 0. The molecular weight excluding hydrogens is 294 g/mol. The second-order valence-electron chi connectivity index (χ2n) is 5.36. The quantitative estimate of drug-likeness (QED) is 0.867. The van der Waals surface area contributed by atoms with Crippen LogP contribution in [0.2, 0.25) is 0 Å². The fourth-order valence-corrected chi connectivity index (χ4v) is 2.99. The molecule has 1 amide bonds. The average molecular weight is 313 g/mol. The highest BCUT2D eigenvalue weighted by atomic mass is 16.5. The molecule has 1 saturated heterocycles. The van der Waals surface area contributed by atoms with E-state index in [1.54, 1.807) is 20.4 Å². The highest BCUT2D eigenvalue weighted by molar-refractivity contribution is 5.92. The summed E-state index contributed by atoms with van der Waals surface area (Å²) in [6, 6.07) is 5.62. The zero-order valence-electron chi connectivity index (χ0n) is 13.2. The van der Waals surface area contributed by atoms with Gasteiger partial charge in [0.05, 0.1) is 26.5 Å². The Labute approximate surface area is 135 Å². The van der Waals surface area contributed by atoms with E-state index in [9.17, 15) is 4.79 Å². The Morgan fingerprint density at radius 1 is 1.26 bits per heavy atom. The number of hydrogen-bond donors (Lipinski definition) is 0. The molecule has 0 aliphatic carbocycles. The van der Waals surface area contributed by atoms with E-state index in [0.29, 0.717) is 12.2 Å². The first-order valence-electron chi connectivity index (χ1n) is 7.53. The number of carbonyl (C=O) groups is 1. The fraction of sp³-hybridized carbons (Fsp3) is 0.353. The third-order valence-corrected chi connectivity index (χ3v) is 4.09. The molecule has 0 bridgehead atoms. The Balaban J connectivity index is 1.94. The molecule has 1 fully saturated rings. The Hall–Kier alpha value is -2.63. The maximum Gasteiger partial charge on any atom is 0.274 e. The van der Waals surface area contributed by atoms with Crippen LogP contribution >= 0.6 is 0 Å². The van der Waals surface area contributed by atoms with Crippen molar-refractivity contribution in [2.24, 2.45) is 0 Å². The minimum atomic E-state index is -0.106. The van der Waals surface area contributed by atoms with Crippen LogP contribution in [-0.2, 0) is 0 Å². The predicted molar refractivity (Wildman–Crippen MR) is 84.6 cm³/mol.